The van der Waals surface area contributed by atoms with Crippen LogP contribution in [0.25, 0.3) is 0 Å². The zero-order valence-corrected chi connectivity index (χ0v) is 33.8. The first kappa shape index (κ1) is 39.4. The van der Waals surface area contributed by atoms with Gasteiger partial charge in [0.05, 0.1) is 19.3 Å². The summed E-state index contributed by atoms with van der Waals surface area (Å²) in [6.07, 6.45) is -1.07. The molecule has 5 nitrogen and oxygen atoms in total. The minimum absolute atomic E-state index is 0.252. The molecule has 1 N–H and O–H groups in total. The van der Waals surface area contributed by atoms with Crippen LogP contribution < -0.4 is 0 Å². The van der Waals surface area contributed by atoms with Gasteiger partial charge in [0, 0.05) is 6.42 Å². The molecule has 1 unspecified atom stereocenters. The lowest BCUT2D eigenvalue weighted by molar-refractivity contribution is -0.282. The zero-order valence-electron chi connectivity index (χ0n) is 30.8. The molecule has 0 spiro atoms. The Bertz CT molecular complexity index is 1030. The maximum absolute atomic E-state index is 12.1. The first-order valence-electron chi connectivity index (χ1n) is 17.1. The lowest BCUT2D eigenvalue weighted by Gasteiger charge is -2.51. The van der Waals surface area contributed by atoms with Crippen LogP contribution in [0.1, 0.15) is 95.1 Å². The highest BCUT2D eigenvalue weighted by molar-refractivity contribution is 6.83. The fraction of sp³-hybridized carbons (Fsp3) is 0.778. The van der Waals surface area contributed by atoms with Crippen LogP contribution in [0.2, 0.25) is 52.9 Å². The molecule has 44 heavy (non-hydrogen) atoms. The van der Waals surface area contributed by atoms with Gasteiger partial charge in [-0.05, 0) is 44.7 Å². The summed E-state index contributed by atoms with van der Waals surface area (Å²) in [5.74, 6) is 1.58. The third kappa shape index (κ3) is 9.41. The molecule has 4 atom stereocenters. The molecular weight excluding hydrogens is 597 g/mol. The van der Waals surface area contributed by atoms with Crippen molar-refractivity contribution in [2.24, 2.45) is 0 Å². The number of benzene rings is 1. The molecule has 2 rings (SSSR count). The van der Waals surface area contributed by atoms with E-state index in [1.165, 1.54) is 0 Å². The van der Waals surface area contributed by atoms with Crippen molar-refractivity contribution in [3.63, 3.8) is 0 Å². The van der Waals surface area contributed by atoms with Crippen molar-refractivity contribution in [2.45, 2.75) is 173 Å². The van der Waals surface area contributed by atoms with Crippen LogP contribution in [0.4, 0.5) is 0 Å². The second kappa shape index (κ2) is 15.9. The van der Waals surface area contributed by atoms with Crippen molar-refractivity contribution < 1.29 is 23.4 Å². The van der Waals surface area contributed by atoms with Gasteiger partial charge in [-0.25, -0.2) is 0 Å². The third-order valence-electron chi connectivity index (χ3n) is 9.74. The highest BCUT2D eigenvalue weighted by Gasteiger charge is 2.54. The summed E-state index contributed by atoms with van der Waals surface area (Å²) in [7, 11) is -6.36. The molecule has 0 aliphatic carbocycles. The molecule has 1 aromatic carbocycles. The predicted octanol–water partition coefficient (Wildman–Crippen LogP) is 9.68. The van der Waals surface area contributed by atoms with Crippen molar-refractivity contribution >= 4 is 24.7 Å². The van der Waals surface area contributed by atoms with Gasteiger partial charge in [-0.3, -0.25) is 0 Å². The monoisotopic (exact) mass is 662 g/mol. The average molecular weight is 663 g/mol. The van der Waals surface area contributed by atoms with Crippen molar-refractivity contribution in [3.8, 4) is 11.5 Å². The molecule has 0 aromatic heterocycles. The van der Waals surface area contributed by atoms with E-state index >= 15 is 0 Å². The van der Waals surface area contributed by atoms with Crippen LogP contribution >= 0.6 is 0 Å². The number of rotatable bonds is 14. The second-order valence-corrected chi connectivity index (χ2v) is 31.6. The number of ether oxygens (including phenoxy) is 2. The molecule has 8 heteroatoms. The Morgan fingerprint density at radius 2 is 1.27 bits per heavy atom. The first-order chi connectivity index (χ1) is 20.2. The Morgan fingerprint density at radius 1 is 0.795 bits per heavy atom. The molecule has 0 bridgehead atoms. The molecule has 1 fully saturated rings. The molecule has 0 saturated carbocycles. The summed E-state index contributed by atoms with van der Waals surface area (Å²) in [4.78, 5) is 0. The minimum atomic E-state index is -2.35. The summed E-state index contributed by atoms with van der Waals surface area (Å²) in [5, 5.41) is 12.1. The fourth-order valence-electron chi connectivity index (χ4n) is 7.98. The van der Waals surface area contributed by atoms with Gasteiger partial charge in [0.15, 0.2) is 8.32 Å². The van der Waals surface area contributed by atoms with Crippen LogP contribution in [-0.4, -0.2) is 60.5 Å². The van der Waals surface area contributed by atoms with Crippen LogP contribution in [0, 0.1) is 11.5 Å². The number of hydrogen-bond acceptors (Lipinski definition) is 5. The van der Waals surface area contributed by atoms with E-state index in [1.54, 1.807) is 0 Å². The standard InChI is InChI=1S/C36H66O5Si3/c1-26(2)43(27(3)4,28(5)6)39-25-34-35(38-24-32-19-17-16-18-20-32)33(23-36(37,40-34)21-22-42(13,14)15)41-44(29(7)8,30(9)10)31(11)12/h16-20,26-31,33-35,37H,23-25H2,1-15H3/t33-,34-,35+,36?/m1/s1. The summed E-state index contributed by atoms with van der Waals surface area (Å²) in [6, 6.07) is 10.3. The van der Waals surface area contributed by atoms with Crippen LogP contribution in [0.5, 0.6) is 0 Å². The molecule has 0 amide bonds. The topological polar surface area (TPSA) is 57.2 Å². The Morgan fingerprint density at radius 3 is 1.70 bits per heavy atom. The third-order valence-corrected chi connectivity index (χ3v) is 22.8. The van der Waals surface area contributed by atoms with Gasteiger partial charge in [-0.2, -0.15) is 0 Å². The normalized spacial score (nSPS) is 23.7. The lowest BCUT2D eigenvalue weighted by atomic mass is 9.96. The van der Waals surface area contributed by atoms with Crippen molar-refractivity contribution in [2.75, 3.05) is 6.61 Å². The highest BCUT2D eigenvalue weighted by atomic mass is 28.4. The van der Waals surface area contributed by atoms with Gasteiger partial charge in [0.2, 0.25) is 14.1 Å². The van der Waals surface area contributed by atoms with E-state index in [0.29, 0.717) is 46.5 Å². The molecular formula is C36H66O5Si3. The van der Waals surface area contributed by atoms with E-state index in [4.69, 9.17) is 18.3 Å². The average Bonchev–Trinajstić information content (AvgIpc) is 2.89. The van der Waals surface area contributed by atoms with Crippen molar-refractivity contribution in [3.05, 3.63) is 35.9 Å². The van der Waals surface area contributed by atoms with Gasteiger partial charge in [0.1, 0.15) is 20.3 Å². The molecule has 1 aliphatic rings. The summed E-state index contributed by atoms with van der Waals surface area (Å²) >= 11 is 0. The Hall–Kier alpha value is -0.769. The fourth-order valence-corrected chi connectivity index (χ4v) is 19.6. The summed E-state index contributed by atoms with van der Waals surface area (Å²) in [5.41, 5.74) is 6.94. The molecule has 1 saturated heterocycles. The quantitative estimate of drug-likeness (QED) is 0.159. The smallest absolute Gasteiger partial charge is 0.233 e. The van der Waals surface area contributed by atoms with Crippen molar-refractivity contribution in [1.82, 2.24) is 0 Å². The maximum atomic E-state index is 12.1. The van der Waals surface area contributed by atoms with Crippen molar-refractivity contribution in [1.29, 1.82) is 0 Å². The molecule has 1 aliphatic heterocycles. The van der Waals surface area contributed by atoms with Gasteiger partial charge >= 0.3 is 0 Å². The van der Waals surface area contributed by atoms with E-state index in [0.717, 1.165) is 5.56 Å². The predicted molar refractivity (Wildman–Crippen MR) is 194 cm³/mol. The van der Waals surface area contributed by atoms with E-state index < -0.39 is 42.7 Å². The van der Waals surface area contributed by atoms with Gasteiger partial charge in [0.25, 0.3) is 0 Å². The summed E-state index contributed by atoms with van der Waals surface area (Å²) in [6.45, 7) is 35.0. The van der Waals surface area contributed by atoms with Crippen LogP contribution in [-0.2, 0) is 24.9 Å². The second-order valence-electron chi connectivity index (χ2n) is 16.0. The maximum Gasteiger partial charge on any atom is 0.233 e. The molecule has 1 aromatic rings. The first-order valence-corrected chi connectivity index (χ1v) is 24.9. The number of hydrogen-bond donors (Lipinski definition) is 1. The largest absolute Gasteiger partial charge is 0.413 e. The van der Waals surface area contributed by atoms with E-state index in [1.807, 2.05) is 18.2 Å². The van der Waals surface area contributed by atoms with Gasteiger partial charge in [-0.1, -0.05) is 133 Å². The van der Waals surface area contributed by atoms with E-state index in [9.17, 15) is 5.11 Å². The van der Waals surface area contributed by atoms with E-state index in [-0.39, 0.29) is 12.5 Å². The Kier molecular flexibility index (Phi) is 14.2. The Balaban J connectivity index is 2.69. The van der Waals surface area contributed by atoms with Crippen LogP contribution in [0.15, 0.2) is 30.3 Å². The van der Waals surface area contributed by atoms with Gasteiger partial charge in [-0.15, -0.1) is 5.54 Å². The summed E-state index contributed by atoms with van der Waals surface area (Å²) < 4.78 is 28.1. The molecule has 1 heterocycles. The molecule has 252 valence electrons. The van der Waals surface area contributed by atoms with Gasteiger partial charge < -0.3 is 23.4 Å². The number of aliphatic hydroxyl groups is 1. The molecule has 0 radical (unpaired) electrons. The lowest BCUT2D eigenvalue weighted by Crippen LogP contribution is -2.62. The Labute approximate surface area is 274 Å². The SMILES string of the molecule is CC(C)[Si](OC[C@H]1OC(O)(C#C[Si](C)(C)C)C[C@@H](O[Si](C(C)C)(C(C)C)C(C)C)[C@@H]1OCc1ccccc1)(C(C)C)C(C)C. The van der Waals surface area contributed by atoms with E-state index in [2.05, 4.69) is 126 Å². The highest BCUT2D eigenvalue weighted by Crippen LogP contribution is 2.47. The minimum Gasteiger partial charge on any atom is -0.413 e. The van der Waals surface area contributed by atoms with Crippen LogP contribution in [0.3, 0.4) is 0 Å². The zero-order chi connectivity index (χ0) is 33.7.